The number of fused-ring (bicyclic) bond motifs is 1. The van der Waals surface area contributed by atoms with Gasteiger partial charge in [0.25, 0.3) is 5.88 Å². The predicted octanol–water partition coefficient (Wildman–Crippen LogP) is 3.98. The van der Waals surface area contributed by atoms with Crippen molar-refractivity contribution in [2.75, 3.05) is 14.2 Å². The van der Waals surface area contributed by atoms with Crippen molar-refractivity contribution >= 4 is 21.4 Å². The first-order chi connectivity index (χ1) is 9.31. The molecule has 2 aromatic heterocycles. The molecule has 0 bridgehead atoms. The number of thiophene rings is 1. The number of hydrogen-bond acceptors (Lipinski definition) is 4. The largest absolute Gasteiger partial charge is 0.491 e. The fourth-order valence-electron chi connectivity index (χ4n) is 1.97. The highest BCUT2D eigenvalue weighted by Crippen LogP contribution is 2.35. The zero-order valence-corrected chi connectivity index (χ0v) is 11.5. The summed E-state index contributed by atoms with van der Waals surface area (Å²) in [5.74, 6) is 1.16. The van der Waals surface area contributed by atoms with Gasteiger partial charge < -0.3 is 9.47 Å². The lowest BCUT2D eigenvalue weighted by Gasteiger charge is -2.07. The third-order valence-electron chi connectivity index (χ3n) is 2.92. The monoisotopic (exact) mass is 271 g/mol. The van der Waals surface area contributed by atoms with Crippen LogP contribution in [-0.4, -0.2) is 19.2 Å². The molecule has 0 radical (unpaired) electrons. The Morgan fingerprint density at radius 2 is 1.84 bits per heavy atom. The summed E-state index contributed by atoms with van der Waals surface area (Å²) in [5.41, 5.74) is 0.902. The highest BCUT2D eigenvalue weighted by atomic mass is 32.1. The molecular weight excluding hydrogens is 258 g/mol. The molecule has 0 unspecified atom stereocenters. The van der Waals surface area contributed by atoms with E-state index >= 15 is 0 Å². The molecule has 0 saturated carbocycles. The van der Waals surface area contributed by atoms with E-state index in [0.717, 1.165) is 10.6 Å². The number of ether oxygens (including phenoxy) is 2. The number of pyridine rings is 1. The van der Waals surface area contributed by atoms with E-state index in [9.17, 15) is 0 Å². The maximum atomic E-state index is 5.24. The van der Waals surface area contributed by atoms with Crippen molar-refractivity contribution < 1.29 is 9.47 Å². The third-order valence-corrected chi connectivity index (χ3v) is 4.06. The summed E-state index contributed by atoms with van der Waals surface area (Å²) >= 11 is 1.72. The quantitative estimate of drug-likeness (QED) is 0.722. The van der Waals surface area contributed by atoms with Gasteiger partial charge in [-0.3, -0.25) is 0 Å². The van der Waals surface area contributed by atoms with Crippen LogP contribution in [0.2, 0.25) is 0 Å². The molecule has 3 rings (SSSR count). The van der Waals surface area contributed by atoms with E-state index in [4.69, 9.17) is 9.47 Å². The van der Waals surface area contributed by atoms with E-state index in [1.807, 2.05) is 24.3 Å². The molecule has 2 heterocycles. The highest BCUT2D eigenvalue weighted by Gasteiger charge is 2.10. The number of benzene rings is 1. The standard InChI is InChI=1S/C15H13NO2S/c1-17-12-8-7-11(16-15(12)18-2)14-9-10-5-3-4-6-13(10)19-14/h3-9H,1-2H3. The van der Waals surface area contributed by atoms with Crippen LogP contribution in [0.3, 0.4) is 0 Å². The van der Waals surface area contributed by atoms with Crippen molar-refractivity contribution in [3.63, 3.8) is 0 Å². The van der Waals surface area contributed by atoms with Crippen LogP contribution in [0.1, 0.15) is 0 Å². The van der Waals surface area contributed by atoms with Gasteiger partial charge in [0.1, 0.15) is 0 Å². The zero-order chi connectivity index (χ0) is 13.2. The maximum Gasteiger partial charge on any atom is 0.257 e. The first-order valence-electron chi connectivity index (χ1n) is 5.90. The normalized spacial score (nSPS) is 10.6. The van der Waals surface area contributed by atoms with Crippen molar-refractivity contribution in [1.82, 2.24) is 4.98 Å². The second-order valence-electron chi connectivity index (χ2n) is 4.06. The maximum absolute atomic E-state index is 5.24. The Bertz CT molecular complexity index is 688. The predicted molar refractivity (Wildman–Crippen MR) is 78.2 cm³/mol. The van der Waals surface area contributed by atoms with Crippen molar-refractivity contribution in [3.05, 3.63) is 42.5 Å². The molecule has 0 saturated heterocycles. The van der Waals surface area contributed by atoms with Gasteiger partial charge in [-0.05, 0) is 29.7 Å². The minimum atomic E-state index is 0.512. The van der Waals surface area contributed by atoms with Gasteiger partial charge in [0, 0.05) is 4.70 Å². The van der Waals surface area contributed by atoms with E-state index in [-0.39, 0.29) is 0 Å². The third kappa shape index (κ3) is 2.15. The molecule has 4 heteroatoms. The van der Waals surface area contributed by atoms with Crippen LogP contribution in [0.25, 0.3) is 20.7 Å². The number of aromatic nitrogens is 1. The Balaban J connectivity index is 2.10. The van der Waals surface area contributed by atoms with Crippen LogP contribution in [0.15, 0.2) is 42.5 Å². The Kier molecular flexibility index (Phi) is 3.09. The molecule has 1 aromatic carbocycles. The van der Waals surface area contributed by atoms with E-state index in [1.54, 1.807) is 25.6 Å². The van der Waals surface area contributed by atoms with Gasteiger partial charge in [-0.15, -0.1) is 11.3 Å². The Hall–Kier alpha value is -2.07. The summed E-state index contributed by atoms with van der Waals surface area (Å²) < 4.78 is 11.7. The van der Waals surface area contributed by atoms with Gasteiger partial charge in [0.2, 0.25) is 0 Å². The van der Waals surface area contributed by atoms with Gasteiger partial charge in [0.15, 0.2) is 5.75 Å². The van der Waals surface area contributed by atoms with Crippen LogP contribution in [0, 0.1) is 0 Å². The summed E-state index contributed by atoms with van der Waals surface area (Å²) in [6.07, 6.45) is 0. The number of rotatable bonds is 3. The van der Waals surface area contributed by atoms with Crippen molar-refractivity contribution in [2.45, 2.75) is 0 Å². The summed E-state index contributed by atoms with van der Waals surface area (Å²) in [5, 5.41) is 1.24. The van der Waals surface area contributed by atoms with Crippen molar-refractivity contribution in [1.29, 1.82) is 0 Å². The zero-order valence-electron chi connectivity index (χ0n) is 10.7. The minimum absolute atomic E-state index is 0.512. The van der Waals surface area contributed by atoms with Crippen LogP contribution in [0.5, 0.6) is 11.6 Å². The fourth-order valence-corrected chi connectivity index (χ4v) is 3.01. The molecule has 0 aliphatic heterocycles. The molecule has 0 aliphatic rings. The highest BCUT2D eigenvalue weighted by molar-refractivity contribution is 7.22. The molecule has 0 fully saturated rings. The Morgan fingerprint density at radius 1 is 1.00 bits per heavy atom. The van der Waals surface area contributed by atoms with Gasteiger partial charge in [0.05, 0.1) is 24.8 Å². The first kappa shape index (κ1) is 12.0. The van der Waals surface area contributed by atoms with E-state index in [2.05, 4.69) is 23.2 Å². The average molecular weight is 271 g/mol. The lowest BCUT2D eigenvalue weighted by atomic mass is 10.2. The molecule has 3 aromatic rings. The molecule has 0 amide bonds. The fraction of sp³-hybridized carbons (Fsp3) is 0.133. The van der Waals surface area contributed by atoms with Crippen LogP contribution < -0.4 is 9.47 Å². The Morgan fingerprint density at radius 3 is 2.58 bits per heavy atom. The lowest BCUT2D eigenvalue weighted by Crippen LogP contribution is -1.94. The molecule has 96 valence electrons. The smallest absolute Gasteiger partial charge is 0.257 e. The summed E-state index contributed by atoms with van der Waals surface area (Å²) in [6.45, 7) is 0. The van der Waals surface area contributed by atoms with E-state index in [0.29, 0.717) is 11.6 Å². The summed E-state index contributed by atoms with van der Waals surface area (Å²) in [6, 6.07) is 14.3. The van der Waals surface area contributed by atoms with Crippen molar-refractivity contribution in [3.8, 4) is 22.2 Å². The number of methoxy groups -OCH3 is 2. The molecular formula is C15H13NO2S. The van der Waals surface area contributed by atoms with Crippen LogP contribution in [0.4, 0.5) is 0 Å². The summed E-state index contributed by atoms with van der Waals surface area (Å²) in [4.78, 5) is 5.62. The van der Waals surface area contributed by atoms with Gasteiger partial charge in [-0.2, -0.15) is 0 Å². The molecule has 0 spiro atoms. The number of hydrogen-bond donors (Lipinski definition) is 0. The number of nitrogens with zero attached hydrogens (tertiary/aromatic N) is 1. The molecule has 0 atom stereocenters. The average Bonchev–Trinajstić information content (AvgIpc) is 2.90. The van der Waals surface area contributed by atoms with E-state index < -0.39 is 0 Å². The van der Waals surface area contributed by atoms with Crippen LogP contribution in [-0.2, 0) is 0 Å². The van der Waals surface area contributed by atoms with Gasteiger partial charge in [-0.1, -0.05) is 18.2 Å². The van der Waals surface area contributed by atoms with Crippen molar-refractivity contribution in [2.24, 2.45) is 0 Å². The molecule has 0 aliphatic carbocycles. The second-order valence-corrected chi connectivity index (χ2v) is 5.14. The van der Waals surface area contributed by atoms with Crippen LogP contribution >= 0.6 is 11.3 Å². The van der Waals surface area contributed by atoms with E-state index in [1.165, 1.54) is 10.1 Å². The topological polar surface area (TPSA) is 31.4 Å². The van der Waals surface area contributed by atoms with Gasteiger partial charge in [-0.25, -0.2) is 4.98 Å². The molecule has 3 nitrogen and oxygen atoms in total. The summed E-state index contributed by atoms with van der Waals surface area (Å²) in [7, 11) is 3.21. The molecule has 19 heavy (non-hydrogen) atoms. The Labute approximate surface area is 115 Å². The second kappa shape index (κ2) is 4.90. The molecule has 0 N–H and O–H groups in total. The minimum Gasteiger partial charge on any atom is -0.491 e. The van der Waals surface area contributed by atoms with Gasteiger partial charge >= 0.3 is 0 Å². The first-order valence-corrected chi connectivity index (χ1v) is 6.71. The SMILES string of the molecule is COc1ccc(-c2cc3ccccc3s2)nc1OC. The lowest BCUT2D eigenvalue weighted by molar-refractivity contribution is 0.343.